The zero-order chi connectivity index (χ0) is 13.7. The third-order valence-corrected chi connectivity index (χ3v) is 3.62. The van der Waals surface area contributed by atoms with Crippen LogP contribution >= 0.6 is 23.2 Å². The predicted octanol–water partition coefficient (Wildman–Crippen LogP) is 5.23. The van der Waals surface area contributed by atoms with E-state index in [0.29, 0.717) is 10.0 Å². The second kappa shape index (κ2) is 6.61. The number of hydrogen-bond acceptors (Lipinski definition) is 1. The Bertz CT molecular complexity index is 587. The lowest BCUT2D eigenvalue weighted by Crippen LogP contribution is -1.99. The monoisotopic (exact) mass is 289 g/mol. The van der Waals surface area contributed by atoms with Gasteiger partial charge in [0, 0.05) is 10.0 Å². The van der Waals surface area contributed by atoms with E-state index in [1.807, 2.05) is 24.3 Å². The average Bonchev–Trinajstić information content (AvgIpc) is 2.42. The highest BCUT2D eigenvalue weighted by Gasteiger charge is 2.14. The Morgan fingerprint density at radius 3 is 2.42 bits per heavy atom. The molecule has 0 amide bonds. The lowest BCUT2D eigenvalue weighted by Gasteiger charge is -2.11. The van der Waals surface area contributed by atoms with Crippen LogP contribution in [0.2, 0.25) is 10.0 Å². The summed E-state index contributed by atoms with van der Waals surface area (Å²) in [6.07, 6.45) is 1.61. The quantitative estimate of drug-likeness (QED) is 0.756. The molecule has 0 unspecified atom stereocenters. The van der Waals surface area contributed by atoms with Crippen molar-refractivity contribution in [1.82, 2.24) is 0 Å². The van der Waals surface area contributed by atoms with Gasteiger partial charge in [0.25, 0.3) is 0 Å². The maximum absolute atomic E-state index is 9.31. The second-order valence-electron chi connectivity index (χ2n) is 4.37. The summed E-state index contributed by atoms with van der Waals surface area (Å²) in [5.41, 5.74) is 2.08. The lowest BCUT2D eigenvalue weighted by atomic mass is 9.93. The van der Waals surface area contributed by atoms with E-state index in [-0.39, 0.29) is 5.92 Å². The Morgan fingerprint density at radius 2 is 1.79 bits per heavy atom. The topological polar surface area (TPSA) is 23.8 Å². The van der Waals surface area contributed by atoms with Crippen LogP contribution in [-0.2, 0) is 6.42 Å². The van der Waals surface area contributed by atoms with Gasteiger partial charge in [-0.2, -0.15) is 5.26 Å². The first-order valence-corrected chi connectivity index (χ1v) is 6.85. The highest BCUT2D eigenvalue weighted by atomic mass is 35.5. The van der Waals surface area contributed by atoms with Gasteiger partial charge < -0.3 is 0 Å². The Balaban J connectivity index is 2.11. The number of nitrogens with zero attached hydrogens (tertiary/aromatic N) is 1. The van der Waals surface area contributed by atoms with Crippen LogP contribution in [0.3, 0.4) is 0 Å². The standard InChI is InChI=1S/C16H13Cl2N/c17-14-8-9-15(16(18)10-14)13(11-19)7-6-12-4-2-1-3-5-12/h1-5,8-10,13H,6-7H2/t13-/m0/s1. The van der Waals surface area contributed by atoms with Crippen molar-refractivity contribution in [1.29, 1.82) is 5.26 Å². The van der Waals surface area contributed by atoms with Gasteiger partial charge in [0.05, 0.1) is 12.0 Å². The number of rotatable bonds is 4. The molecule has 1 nitrogen and oxygen atoms in total. The summed E-state index contributed by atoms with van der Waals surface area (Å²) in [5, 5.41) is 10.5. The molecule has 0 radical (unpaired) electrons. The Labute approximate surface area is 123 Å². The molecule has 3 heteroatoms. The van der Waals surface area contributed by atoms with Crippen molar-refractivity contribution in [3.05, 3.63) is 69.7 Å². The summed E-state index contributed by atoms with van der Waals surface area (Å²) in [6, 6.07) is 17.8. The number of nitriles is 1. The van der Waals surface area contributed by atoms with Crippen LogP contribution in [0, 0.1) is 11.3 Å². The highest BCUT2D eigenvalue weighted by Crippen LogP contribution is 2.30. The van der Waals surface area contributed by atoms with E-state index in [9.17, 15) is 5.26 Å². The summed E-state index contributed by atoms with van der Waals surface area (Å²) in [7, 11) is 0. The van der Waals surface area contributed by atoms with Crippen molar-refractivity contribution >= 4 is 23.2 Å². The Kier molecular flexibility index (Phi) is 4.85. The van der Waals surface area contributed by atoms with Gasteiger partial charge in [0.1, 0.15) is 0 Å². The SMILES string of the molecule is N#C[C@H](CCc1ccccc1)c1ccc(Cl)cc1Cl. The van der Waals surface area contributed by atoms with Crippen molar-refractivity contribution in [2.45, 2.75) is 18.8 Å². The van der Waals surface area contributed by atoms with Gasteiger partial charge in [-0.25, -0.2) is 0 Å². The van der Waals surface area contributed by atoms with Gasteiger partial charge in [-0.3, -0.25) is 0 Å². The molecule has 0 aliphatic carbocycles. The summed E-state index contributed by atoms with van der Waals surface area (Å²) in [4.78, 5) is 0. The first-order valence-electron chi connectivity index (χ1n) is 6.09. The van der Waals surface area contributed by atoms with Crippen molar-refractivity contribution in [2.75, 3.05) is 0 Å². The fourth-order valence-electron chi connectivity index (χ4n) is 2.03. The van der Waals surface area contributed by atoms with Crippen LogP contribution in [0.1, 0.15) is 23.5 Å². The number of hydrogen-bond donors (Lipinski definition) is 0. The summed E-state index contributed by atoms with van der Waals surface area (Å²) < 4.78 is 0. The fourth-order valence-corrected chi connectivity index (χ4v) is 2.57. The minimum absolute atomic E-state index is 0.204. The molecule has 19 heavy (non-hydrogen) atoms. The van der Waals surface area contributed by atoms with E-state index in [4.69, 9.17) is 23.2 Å². The van der Waals surface area contributed by atoms with E-state index in [1.54, 1.807) is 12.1 Å². The maximum Gasteiger partial charge on any atom is 0.0730 e. The van der Waals surface area contributed by atoms with E-state index in [1.165, 1.54) is 5.56 Å². The molecule has 0 saturated carbocycles. The fraction of sp³-hybridized carbons (Fsp3) is 0.188. The van der Waals surface area contributed by atoms with Crippen LogP contribution in [0.15, 0.2) is 48.5 Å². The lowest BCUT2D eigenvalue weighted by molar-refractivity contribution is 0.746. The summed E-state index contributed by atoms with van der Waals surface area (Å²) in [6.45, 7) is 0. The minimum atomic E-state index is -0.204. The molecular weight excluding hydrogens is 277 g/mol. The molecule has 2 aromatic carbocycles. The largest absolute Gasteiger partial charge is 0.198 e. The Morgan fingerprint density at radius 1 is 1.05 bits per heavy atom. The highest BCUT2D eigenvalue weighted by molar-refractivity contribution is 6.35. The third kappa shape index (κ3) is 3.73. The van der Waals surface area contributed by atoms with E-state index < -0.39 is 0 Å². The van der Waals surface area contributed by atoms with Crippen molar-refractivity contribution in [3.63, 3.8) is 0 Å². The van der Waals surface area contributed by atoms with Crippen LogP contribution in [0.5, 0.6) is 0 Å². The smallest absolute Gasteiger partial charge is 0.0730 e. The van der Waals surface area contributed by atoms with E-state index in [0.717, 1.165) is 18.4 Å². The average molecular weight is 290 g/mol. The van der Waals surface area contributed by atoms with Crippen LogP contribution < -0.4 is 0 Å². The first-order chi connectivity index (χ1) is 9.20. The summed E-state index contributed by atoms with van der Waals surface area (Å²) >= 11 is 12.0. The molecule has 0 aliphatic rings. The van der Waals surface area contributed by atoms with Crippen LogP contribution in [0.25, 0.3) is 0 Å². The molecule has 96 valence electrons. The molecule has 0 fully saturated rings. The molecule has 2 rings (SSSR count). The van der Waals surface area contributed by atoms with Crippen LogP contribution in [-0.4, -0.2) is 0 Å². The van der Waals surface area contributed by atoms with E-state index in [2.05, 4.69) is 18.2 Å². The zero-order valence-electron chi connectivity index (χ0n) is 10.3. The Hall–Kier alpha value is -1.49. The molecule has 0 N–H and O–H groups in total. The first kappa shape index (κ1) is 13.9. The third-order valence-electron chi connectivity index (χ3n) is 3.06. The van der Waals surface area contributed by atoms with Gasteiger partial charge in [-0.05, 0) is 36.1 Å². The molecule has 0 spiro atoms. The number of halogens is 2. The number of aryl methyl sites for hydroxylation is 1. The summed E-state index contributed by atoms with van der Waals surface area (Å²) in [5.74, 6) is -0.204. The molecule has 2 aromatic rings. The maximum atomic E-state index is 9.31. The van der Waals surface area contributed by atoms with Gasteiger partial charge in [0.2, 0.25) is 0 Å². The molecule has 0 aliphatic heterocycles. The predicted molar refractivity (Wildman–Crippen MR) is 79.6 cm³/mol. The van der Waals surface area contributed by atoms with Gasteiger partial charge in [0.15, 0.2) is 0 Å². The second-order valence-corrected chi connectivity index (χ2v) is 5.22. The molecule has 0 saturated heterocycles. The van der Waals surface area contributed by atoms with Crippen molar-refractivity contribution < 1.29 is 0 Å². The number of benzene rings is 2. The molecule has 0 bridgehead atoms. The molecule has 0 heterocycles. The van der Waals surface area contributed by atoms with Gasteiger partial charge in [-0.15, -0.1) is 0 Å². The van der Waals surface area contributed by atoms with Crippen LogP contribution in [0.4, 0.5) is 0 Å². The zero-order valence-corrected chi connectivity index (χ0v) is 11.8. The van der Waals surface area contributed by atoms with E-state index >= 15 is 0 Å². The van der Waals surface area contributed by atoms with Crippen molar-refractivity contribution in [2.24, 2.45) is 0 Å². The molecule has 1 atom stereocenters. The normalized spacial score (nSPS) is 11.8. The van der Waals surface area contributed by atoms with Gasteiger partial charge in [-0.1, -0.05) is 59.6 Å². The molecular formula is C16H13Cl2N. The minimum Gasteiger partial charge on any atom is -0.198 e. The van der Waals surface area contributed by atoms with Gasteiger partial charge >= 0.3 is 0 Å². The van der Waals surface area contributed by atoms with Crippen molar-refractivity contribution in [3.8, 4) is 6.07 Å². The molecule has 0 aromatic heterocycles.